The van der Waals surface area contributed by atoms with E-state index in [1.165, 1.54) is 38.4 Å². The number of hydrogen-bond acceptors (Lipinski definition) is 3. The molecule has 8 heteroatoms. The predicted octanol–water partition coefficient (Wildman–Crippen LogP) is 1.51. The Morgan fingerprint density at radius 3 is 2.32 bits per heavy atom. The molecule has 0 aromatic heterocycles. The molecule has 0 unspecified atom stereocenters. The third-order valence-electron chi connectivity index (χ3n) is 4.52. The first-order valence-electron chi connectivity index (χ1n) is 7.97. The second-order valence-corrected chi connectivity index (χ2v) is 8.29. The minimum atomic E-state index is -3.04. The summed E-state index contributed by atoms with van der Waals surface area (Å²) in [7, 11) is -3.04. The van der Waals surface area contributed by atoms with E-state index in [1.807, 2.05) is 0 Å². The molecule has 2 fully saturated rings. The molecular formula is C14H29IN4O2S. The van der Waals surface area contributed by atoms with Gasteiger partial charge in [-0.25, -0.2) is 12.7 Å². The Balaban J connectivity index is 0.00000242. The van der Waals surface area contributed by atoms with Gasteiger partial charge in [-0.15, -0.1) is 24.0 Å². The van der Waals surface area contributed by atoms with Crippen molar-refractivity contribution in [3.05, 3.63) is 0 Å². The SMILES string of the molecule is CS(=O)(=O)N1CCC(CN=C(N)NC2CCCCC2)CC1.I. The van der Waals surface area contributed by atoms with Crippen molar-refractivity contribution in [2.75, 3.05) is 25.9 Å². The molecule has 3 N–H and O–H groups in total. The van der Waals surface area contributed by atoms with Crippen molar-refractivity contribution < 1.29 is 8.42 Å². The number of guanidine groups is 1. The molecule has 0 bridgehead atoms. The van der Waals surface area contributed by atoms with E-state index in [0.29, 0.717) is 37.6 Å². The van der Waals surface area contributed by atoms with Crippen LogP contribution in [0.25, 0.3) is 0 Å². The van der Waals surface area contributed by atoms with Crippen molar-refractivity contribution in [3.8, 4) is 0 Å². The van der Waals surface area contributed by atoms with Crippen LogP contribution >= 0.6 is 24.0 Å². The number of nitrogens with one attached hydrogen (secondary N) is 1. The average Bonchev–Trinajstić information content (AvgIpc) is 2.46. The Bertz CT molecular complexity index is 455. The molecule has 1 heterocycles. The summed E-state index contributed by atoms with van der Waals surface area (Å²) in [5.74, 6) is 0.988. The van der Waals surface area contributed by atoms with Gasteiger partial charge < -0.3 is 11.1 Å². The highest BCUT2D eigenvalue weighted by molar-refractivity contribution is 14.0. The van der Waals surface area contributed by atoms with Crippen molar-refractivity contribution in [2.24, 2.45) is 16.6 Å². The summed E-state index contributed by atoms with van der Waals surface area (Å²) in [6.07, 6.45) is 9.25. The summed E-state index contributed by atoms with van der Waals surface area (Å²) >= 11 is 0. The molecule has 2 aliphatic rings. The van der Waals surface area contributed by atoms with Gasteiger partial charge in [0.15, 0.2) is 5.96 Å². The van der Waals surface area contributed by atoms with E-state index >= 15 is 0 Å². The van der Waals surface area contributed by atoms with Gasteiger partial charge in [-0.05, 0) is 31.6 Å². The lowest BCUT2D eigenvalue weighted by Gasteiger charge is -2.29. The molecule has 1 aliphatic carbocycles. The lowest BCUT2D eigenvalue weighted by Crippen LogP contribution is -2.42. The molecule has 0 atom stereocenters. The summed E-state index contributed by atoms with van der Waals surface area (Å²) in [4.78, 5) is 4.44. The summed E-state index contributed by atoms with van der Waals surface area (Å²) in [5.41, 5.74) is 5.95. The van der Waals surface area contributed by atoms with Crippen LogP contribution in [-0.2, 0) is 10.0 Å². The number of nitrogens with zero attached hydrogens (tertiary/aromatic N) is 2. The van der Waals surface area contributed by atoms with E-state index in [9.17, 15) is 8.42 Å². The first-order chi connectivity index (χ1) is 9.95. The zero-order chi connectivity index (χ0) is 15.3. The van der Waals surface area contributed by atoms with E-state index in [2.05, 4.69) is 10.3 Å². The first-order valence-corrected chi connectivity index (χ1v) is 9.81. The van der Waals surface area contributed by atoms with Crippen LogP contribution in [0, 0.1) is 5.92 Å². The molecule has 0 radical (unpaired) electrons. The maximum Gasteiger partial charge on any atom is 0.211 e. The third-order valence-corrected chi connectivity index (χ3v) is 5.82. The van der Waals surface area contributed by atoms with Crippen molar-refractivity contribution in [1.29, 1.82) is 0 Å². The van der Waals surface area contributed by atoms with E-state index in [4.69, 9.17) is 5.73 Å². The molecule has 2 rings (SSSR count). The Morgan fingerprint density at radius 1 is 1.18 bits per heavy atom. The molecule has 6 nitrogen and oxygen atoms in total. The molecule has 0 aromatic rings. The molecule has 1 saturated carbocycles. The van der Waals surface area contributed by atoms with Gasteiger partial charge in [0, 0.05) is 25.7 Å². The van der Waals surface area contributed by atoms with Crippen LogP contribution in [0.1, 0.15) is 44.9 Å². The van der Waals surface area contributed by atoms with Crippen molar-refractivity contribution in [1.82, 2.24) is 9.62 Å². The minimum absolute atomic E-state index is 0. The first kappa shape index (κ1) is 20.0. The molecule has 1 aliphatic heterocycles. The number of aliphatic imine (C=N–C) groups is 1. The second kappa shape index (κ2) is 9.27. The maximum absolute atomic E-state index is 11.4. The van der Waals surface area contributed by atoms with Crippen LogP contribution in [-0.4, -0.2) is 50.6 Å². The quantitative estimate of drug-likeness (QED) is 0.391. The third kappa shape index (κ3) is 6.57. The average molecular weight is 444 g/mol. The highest BCUT2D eigenvalue weighted by Gasteiger charge is 2.24. The number of hydrogen-bond donors (Lipinski definition) is 2. The maximum atomic E-state index is 11.4. The van der Waals surface area contributed by atoms with E-state index in [0.717, 1.165) is 12.8 Å². The van der Waals surface area contributed by atoms with Crippen LogP contribution in [0.5, 0.6) is 0 Å². The second-order valence-electron chi connectivity index (χ2n) is 6.31. The lowest BCUT2D eigenvalue weighted by atomic mass is 9.96. The molecule has 0 aromatic carbocycles. The lowest BCUT2D eigenvalue weighted by molar-refractivity contribution is 0.280. The Morgan fingerprint density at radius 2 is 1.77 bits per heavy atom. The van der Waals surface area contributed by atoms with Gasteiger partial charge in [0.05, 0.1) is 6.26 Å². The molecule has 22 heavy (non-hydrogen) atoms. The molecule has 1 saturated heterocycles. The Labute approximate surface area is 151 Å². The van der Waals surface area contributed by atoms with Crippen molar-refractivity contribution in [2.45, 2.75) is 51.0 Å². The standard InChI is InChI=1S/C14H28N4O2S.HI/c1-21(19,20)18-9-7-12(8-10-18)11-16-14(15)17-13-5-3-2-4-6-13;/h12-13H,2-11H2,1H3,(H3,15,16,17);1H. The number of rotatable bonds is 4. The van der Waals surface area contributed by atoms with Crippen LogP contribution in [0.2, 0.25) is 0 Å². The summed E-state index contributed by atoms with van der Waals surface area (Å²) in [5, 5.41) is 3.31. The Hall–Kier alpha value is -0.0900. The van der Waals surface area contributed by atoms with Gasteiger partial charge >= 0.3 is 0 Å². The van der Waals surface area contributed by atoms with Crippen molar-refractivity contribution >= 4 is 40.0 Å². The summed E-state index contributed by atoms with van der Waals surface area (Å²) in [6.45, 7) is 1.91. The summed E-state index contributed by atoms with van der Waals surface area (Å²) in [6, 6.07) is 0.481. The van der Waals surface area contributed by atoms with Crippen LogP contribution in [0.4, 0.5) is 0 Å². The normalized spacial score (nSPS) is 23.0. The minimum Gasteiger partial charge on any atom is -0.370 e. The topological polar surface area (TPSA) is 87.8 Å². The van der Waals surface area contributed by atoms with Gasteiger partial charge in [0.25, 0.3) is 0 Å². The number of halogens is 1. The van der Waals surface area contributed by atoms with Crippen LogP contribution in [0.15, 0.2) is 4.99 Å². The number of sulfonamides is 1. The van der Waals surface area contributed by atoms with Crippen molar-refractivity contribution in [3.63, 3.8) is 0 Å². The predicted molar refractivity (Wildman–Crippen MR) is 101 cm³/mol. The molecule has 0 amide bonds. The fourth-order valence-electron chi connectivity index (χ4n) is 3.15. The van der Waals surface area contributed by atoms with Crippen LogP contribution < -0.4 is 11.1 Å². The highest BCUT2D eigenvalue weighted by atomic mass is 127. The zero-order valence-electron chi connectivity index (χ0n) is 13.3. The number of piperidine rings is 1. The summed E-state index contributed by atoms with van der Waals surface area (Å²) < 4.78 is 24.5. The smallest absolute Gasteiger partial charge is 0.211 e. The largest absolute Gasteiger partial charge is 0.370 e. The zero-order valence-corrected chi connectivity index (χ0v) is 16.5. The van der Waals surface area contributed by atoms with Gasteiger partial charge in [-0.2, -0.15) is 0 Å². The van der Waals surface area contributed by atoms with Gasteiger partial charge in [0.1, 0.15) is 0 Å². The number of nitrogens with two attached hydrogens (primary N) is 1. The van der Waals surface area contributed by atoms with E-state index in [1.54, 1.807) is 4.31 Å². The fourth-order valence-corrected chi connectivity index (χ4v) is 4.03. The van der Waals surface area contributed by atoms with Gasteiger partial charge in [-0.1, -0.05) is 19.3 Å². The monoisotopic (exact) mass is 444 g/mol. The molecular weight excluding hydrogens is 415 g/mol. The van der Waals surface area contributed by atoms with Gasteiger partial charge in [-0.3, -0.25) is 4.99 Å². The molecule has 0 spiro atoms. The highest BCUT2D eigenvalue weighted by Crippen LogP contribution is 2.19. The van der Waals surface area contributed by atoms with Crippen LogP contribution in [0.3, 0.4) is 0 Å². The van der Waals surface area contributed by atoms with E-state index in [-0.39, 0.29) is 24.0 Å². The van der Waals surface area contributed by atoms with Gasteiger partial charge in [0.2, 0.25) is 10.0 Å². The Kier molecular flexibility index (Phi) is 8.40. The fraction of sp³-hybridized carbons (Fsp3) is 0.929. The molecule has 130 valence electrons. The van der Waals surface area contributed by atoms with E-state index < -0.39 is 10.0 Å².